The quantitative estimate of drug-likeness (QED) is 0.846. The van der Waals surface area contributed by atoms with Gasteiger partial charge in [-0.1, -0.05) is 43.4 Å². The minimum atomic E-state index is -0.237. The second kappa shape index (κ2) is 6.53. The van der Waals surface area contributed by atoms with Crippen LogP contribution >= 0.6 is 11.6 Å². The van der Waals surface area contributed by atoms with Crippen molar-refractivity contribution >= 4 is 11.6 Å². The van der Waals surface area contributed by atoms with Gasteiger partial charge in [0.05, 0.1) is 0 Å². The van der Waals surface area contributed by atoms with Crippen LogP contribution in [0.25, 0.3) is 0 Å². The maximum absolute atomic E-state index is 13.6. The summed E-state index contributed by atoms with van der Waals surface area (Å²) in [6.45, 7) is 0. The third kappa shape index (κ3) is 3.96. The van der Waals surface area contributed by atoms with Gasteiger partial charge in [0.2, 0.25) is 0 Å². The van der Waals surface area contributed by atoms with Crippen LogP contribution < -0.4 is 5.73 Å². The lowest BCUT2D eigenvalue weighted by Gasteiger charge is -2.15. The lowest BCUT2D eigenvalue weighted by atomic mass is 9.95. The highest BCUT2D eigenvalue weighted by Crippen LogP contribution is 2.29. The summed E-state index contributed by atoms with van der Waals surface area (Å²) >= 11 is 5.73. The van der Waals surface area contributed by atoms with E-state index in [1.807, 2.05) is 0 Å². The van der Waals surface area contributed by atoms with Gasteiger partial charge in [-0.3, -0.25) is 0 Å². The molecular weight excluding hydrogens is 249 g/mol. The average molecular weight is 270 g/mol. The third-order valence-corrected chi connectivity index (χ3v) is 4.15. The molecule has 0 spiro atoms. The highest BCUT2D eigenvalue weighted by Gasteiger charge is 2.16. The molecule has 100 valence electrons. The zero-order valence-corrected chi connectivity index (χ0v) is 11.4. The van der Waals surface area contributed by atoms with Crippen molar-refractivity contribution in [3.05, 3.63) is 34.6 Å². The molecule has 0 amide bonds. The SMILES string of the molecule is NC(CCC1CCCC1)Cc1ccc(Cl)cc1F. The highest BCUT2D eigenvalue weighted by molar-refractivity contribution is 6.30. The molecule has 0 bridgehead atoms. The molecule has 1 saturated carbocycles. The van der Waals surface area contributed by atoms with E-state index in [2.05, 4.69) is 0 Å². The normalized spacial score (nSPS) is 18.2. The summed E-state index contributed by atoms with van der Waals surface area (Å²) in [5.74, 6) is 0.616. The van der Waals surface area contributed by atoms with Crippen LogP contribution in [0.4, 0.5) is 4.39 Å². The smallest absolute Gasteiger partial charge is 0.127 e. The number of hydrogen-bond donors (Lipinski definition) is 1. The Labute approximate surface area is 114 Å². The van der Waals surface area contributed by atoms with Crippen molar-refractivity contribution in [2.75, 3.05) is 0 Å². The van der Waals surface area contributed by atoms with Crippen molar-refractivity contribution < 1.29 is 4.39 Å². The van der Waals surface area contributed by atoms with Gasteiger partial charge in [-0.15, -0.1) is 0 Å². The molecule has 0 heterocycles. The van der Waals surface area contributed by atoms with Crippen LogP contribution in [-0.4, -0.2) is 6.04 Å². The second-order valence-corrected chi connectivity index (χ2v) is 5.86. The topological polar surface area (TPSA) is 26.0 Å². The Kier molecular flexibility index (Phi) is 5.02. The molecule has 2 N–H and O–H groups in total. The first-order chi connectivity index (χ1) is 8.65. The Morgan fingerprint density at radius 2 is 2.06 bits per heavy atom. The number of benzene rings is 1. The molecule has 1 nitrogen and oxygen atoms in total. The van der Waals surface area contributed by atoms with Crippen LogP contribution in [-0.2, 0) is 6.42 Å². The monoisotopic (exact) mass is 269 g/mol. The summed E-state index contributed by atoms with van der Waals surface area (Å²) in [5.41, 5.74) is 6.77. The van der Waals surface area contributed by atoms with Crippen LogP contribution in [0, 0.1) is 11.7 Å². The Morgan fingerprint density at radius 3 is 2.72 bits per heavy atom. The molecule has 1 unspecified atom stereocenters. The molecule has 18 heavy (non-hydrogen) atoms. The summed E-state index contributed by atoms with van der Waals surface area (Å²) < 4.78 is 13.6. The Hall–Kier alpha value is -0.600. The summed E-state index contributed by atoms with van der Waals surface area (Å²) in [4.78, 5) is 0. The molecule has 0 saturated heterocycles. The summed E-state index contributed by atoms with van der Waals surface area (Å²) in [6, 6.07) is 4.89. The zero-order valence-electron chi connectivity index (χ0n) is 10.7. The van der Waals surface area contributed by atoms with Gasteiger partial charge in [-0.2, -0.15) is 0 Å². The lowest BCUT2D eigenvalue weighted by molar-refractivity contribution is 0.444. The number of hydrogen-bond acceptors (Lipinski definition) is 1. The number of nitrogens with two attached hydrogens (primary N) is 1. The molecule has 1 atom stereocenters. The predicted octanol–water partition coefficient (Wildman–Crippen LogP) is 4.32. The molecular formula is C15H21ClFN. The van der Waals surface area contributed by atoms with Crippen LogP contribution in [0.1, 0.15) is 44.1 Å². The van der Waals surface area contributed by atoms with Crippen LogP contribution in [0.2, 0.25) is 5.02 Å². The van der Waals surface area contributed by atoms with Crippen molar-refractivity contribution in [2.45, 2.75) is 51.0 Å². The maximum atomic E-state index is 13.6. The third-order valence-electron chi connectivity index (χ3n) is 3.92. The van der Waals surface area contributed by atoms with E-state index < -0.39 is 0 Å². The van der Waals surface area contributed by atoms with Gasteiger partial charge in [-0.25, -0.2) is 4.39 Å². The second-order valence-electron chi connectivity index (χ2n) is 5.43. The molecule has 1 aliphatic carbocycles. The Bertz CT molecular complexity index is 388. The molecule has 0 aliphatic heterocycles. The molecule has 1 aliphatic rings. The van der Waals surface area contributed by atoms with E-state index in [0.717, 1.165) is 12.3 Å². The molecule has 2 rings (SSSR count). The molecule has 1 aromatic rings. The van der Waals surface area contributed by atoms with Crippen LogP contribution in [0.15, 0.2) is 18.2 Å². The van der Waals surface area contributed by atoms with E-state index in [1.54, 1.807) is 12.1 Å². The number of rotatable bonds is 5. The van der Waals surface area contributed by atoms with Crippen molar-refractivity contribution in [3.63, 3.8) is 0 Å². The minimum absolute atomic E-state index is 0.0567. The fourth-order valence-electron chi connectivity index (χ4n) is 2.82. The van der Waals surface area contributed by atoms with Gasteiger partial charge < -0.3 is 5.73 Å². The Morgan fingerprint density at radius 1 is 1.33 bits per heavy atom. The van der Waals surface area contributed by atoms with E-state index in [4.69, 9.17) is 17.3 Å². The van der Waals surface area contributed by atoms with Gasteiger partial charge >= 0.3 is 0 Å². The van der Waals surface area contributed by atoms with E-state index in [1.165, 1.54) is 38.2 Å². The first kappa shape index (κ1) is 13.8. The van der Waals surface area contributed by atoms with Crippen molar-refractivity contribution in [1.82, 2.24) is 0 Å². The fraction of sp³-hybridized carbons (Fsp3) is 0.600. The van der Waals surface area contributed by atoms with E-state index >= 15 is 0 Å². The molecule has 0 aromatic heterocycles. The van der Waals surface area contributed by atoms with E-state index in [9.17, 15) is 4.39 Å². The molecule has 1 fully saturated rings. The Balaban J connectivity index is 1.80. The van der Waals surface area contributed by atoms with Gasteiger partial charge in [0.25, 0.3) is 0 Å². The number of halogens is 2. The largest absolute Gasteiger partial charge is 0.327 e. The summed E-state index contributed by atoms with van der Waals surface area (Å²) in [6.07, 6.45) is 8.22. The van der Waals surface area contributed by atoms with Gasteiger partial charge in [0, 0.05) is 11.1 Å². The van der Waals surface area contributed by atoms with Crippen LogP contribution in [0.3, 0.4) is 0 Å². The standard InChI is InChI=1S/C15H21ClFN/c16-13-7-6-12(15(17)10-13)9-14(18)8-5-11-3-1-2-4-11/h6-7,10-11,14H,1-5,8-9,18H2. The van der Waals surface area contributed by atoms with E-state index in [-0.39, 0.29) is 11.9 Å². The maximum Gasteiger partial charge on any atom is 0.127 e. The van der Waals surface area contributed by atoms with Crippen molar-refractivity contribution in [3.8, 4) is 0 Å². The summed E-state index contributed by atoms with van der Waals surface area (Å²) in [5, 5.41) is 0.441. The van der Waals surface area contributed by atoms with Gasteiger partial charge in [0.15, 0.2) is 0 Å². The highest BCUT2D eigenvalue weighted by atomic mass is 35.5. The first-order valence-electron chi connectivity index (χ1n) is 6.84. The molecule has 1 aromatic carbocycles. The average Bonchev–Trinajstić information content (AvgIpc) is 2.83. The summed E-state index contributed by atoms with van der Waals surface area (Å²) in [7, 11) is 0. The minimum Gasteiger partial charge on any atom is -0.327 e. The van der Waals surface area contributed by atoms with Crippen molar-refractivity contribution in [1.29, 1.82) is 0 Å². The first-order valence-corrected chi connectivity index (χ1v) is 7.22. The molecule has 0 radical (unpaired) electrons. The van der Waals surface area contributed by atoms with Crippen LogP contribution in [0.5, 0.6) is 0 Å². The van der Waals surface area contributed by atoms with Gasteiger partial charge in [-0.05, 0) is 42.9 Å². The van der Waals surface area contributed by atoms with E-state index in [0.29, 0.717) is 17.0 Å². The fourth-order valence-corrected chi connectivity index (χ4v) is 2.98. The lowest BCUT2D eigenvalue weighted by Crippen LogP contribution is -2.24. The predicted molar refractivity (Wildman–Crippen MR) is 74.3 cm³/mol. The molecule has 3 heteroatoms. The van der Waals surface area contributed by atoms with Crippen molar-refractivity contribution in [2.24, 2.45) is 11.7 Å². The zero-order chi connectivity index (χ0) is 13.0. The van der Waals surface area contributed by atoms with Gasteiger partial charge in [0.1, 0.15) is 5.82 Å².